The van der Waals surface area contributed by atoms with E-state index in [1.807, 2.05) is 18.2 Å². The molecule has 1 aromatic carbocycles. The summed E-state index contributed by atoms with van der Waals surface area (Å²) in [6, 6.07) is 10.1. The standard InChI is InChI=1S/C28H40O3Si/c1-19(2)21-15-23-16-22(17-24(30-7)20-13-11-10-12-14-20)26(28(23,6)25(29)18-21)31-32(8,9)27(3,4)5/h10-14,17,21,23H,1,15-16,18H2,2-9H3/b24-17+/t21-,23?,28-/m1/s1. The van der Waals surface area contributed by atoms with Gasteiger partial charge in [0.2, 0.25) is 8.32 Å². The van der Waals surface area contributed by atoms with Crippen LogP contribution in [0, 0.1) is 17.3 Å². The van der Waals surface area contributed by atoms with E-state index in [0.29, 0.717) is 6.42 Å². The highest BCUT2D eigenvalue weighted by Gasteiger charge is 2.56. The van der Waals surface area contributed by atoms with Crippen LogP contribution in [0.2, 0.25) is 18.1 Å². The van der Waals surface area contributed by atoms with Crippen molar-refractivity contribution >= 4 is 19.9 Å². The Morgan fingerprint density at radius 1 is 1.19 bits per heavy atom. The Kier molecular flexibility index (Phi) is 6.68. The summed E-state index contributed by atoms with van der Waals surface area (Å²) in [5, 5.41) is 0.0464. The maximum atomic E-state index is 13.6. The molecule has 174 valence electrons. The van der Waals surface area contributed by atoms with Crippen molar-refractivity contribution in [1.82, 2.24) is 0 Å². The predicted molar refractivity (Wildman–Crippen MR) is 135 cm³/mol. The maximum Gasteiger partial charge on any atom is 0.250 e. The highest BCUT2D eigenvalue weighted by Crippen LogP contribution is 2.57. The van der Waals surface area contributed by atoms with E-state index in [2.05, 4.69) is 72.5 Å². The van der Waals surface area contributed by atoms with Gasteiger partial charge in [0.1, 0.15) is 11.5 Å². The lowest BCUT2D eigenvalue weighted by molar-refractivity contribution is -0.133. The number of hydrogen-bond donors (Lipinski definition) is 0. The van der Waals surface area contributed by atoms with Crippen LogP contribution in [0.5, 0.6) is 0 Å². The second kappa shape index (κ2) is 8.70. The highest BCUT2D eigenvalue weighted by atomic mass is 28.4. The number of hydrogen-bond acceptors (Lipinski definition) is 3. The van der Waals surface area contributed by atoms with Crippen molar-refractivity contribution in [3.63, 3.8) is 0 Å². The molecule has 2 aliphatic rings. The fourth-order valence-electron chi connectivity index (χ4n) is 4.72. The fourth-order valence-corrected chi connectivity index (χ4v) is 5.88. The number of allylic oxidation sites excluding steroid dienone is 4. The molecule has 1 saturated carbocycles. The summed E-state index contributed by atoms with van der Waals surface area (Å²) in [6.07, 6.45) is 4.48. The summed E-state index contributed by atoms with van der Waals surface area (Å²) in [7, 11) is -0.434. The van der Waals surface area contributed by atoms with Gasteiger partial charge in [-0.1, -0.05) is 63.3 Å². The first kappa shape index (κ1) is 24.6. The Morgan fingerprint density at radius 3 is 2.34 bits per heavy atom. The molecule has 0 heterocycles. The van der Waals surface area contributed by atoms with Crippen LogP contribution in [0.3, 0.4) is 0 Å². The smallest absolute Gasteiger partial charge is 0.250 e. The van der Waals surface area contributed by atoms with Crippen LogP contribution in [0.1, 0.15) is 59.4 Å². The third-order valence-corrected chi connectivity index (χ3v) is 12.4. The number of ketones is 1. The second-order valence-electron chi connectivity index (χ2n) is 11.3. The first-order valence-corrected chi connectivity index (χ1v) is 14.6. The third-order valence-electron chi connectivity index (χ3n) is 8.07. The van der Waals surface area contributed by atoms with Crippen LogP contribution in [0.25, 0.3) is 5.76 Å². The molecular formula is C28H40O3Si. The van der Waals surface area contributed by atoms with Gasteiger partial charge >= 0.3 is 0 Å². The lowest BCUT2D eigenvalue weighted by atomic mass is 9.63. The average molecular weight is 453 g/mol. The summed E-state index contributed by atoms with van der Waals surface area (Å²) in [6.45, 7) is 19.6. The van der Waals surface area contributed by atoms with E-state index in [-0.39, 0.29) is 22.7 Å². The van der Waals surface area contributed by atoms with E-state index in [4.69, 9.17) is 9.16 Å². The summed E-state index contributed by atoms with van der Waals surface area (Å²) in [5.74, 6) is 2.48. The lowest BCUT2D eigenvalue weighted by Gasteiger charge is -2.44. The molecule has 0 aromatic heterocycles. The number of benzene rings is 1. The van der Waals surface area contributed by atoms with E-state index < -0.39 is 13.7 Å². The van der Waals surface area contributed by atoms with Crippen LogP contribution in [0.15, 0.2) is 59.9 Å². The summed E-state index contributed by atoms with van der Waals surface area (Å²) < 4.78 is 12.8. The second-order valence-corrected chi connectivity index (χ2v) is 16.0. The Labute approximate surface area is 195 Å². The molecule has 4 heteroatoms. The van der Waals surface area contributed by atoms with E-state index in [0.717, 1.165) is 41.1 Å². The van der Waals surface area contributed by atoms with Crippen LogP contribution >= 0.6 is 0 Å². The Hall–Kier alpha value is -2.07. The van der Waals surface area contributed by atoms with Gasteiger partial charge in [-0.2, -0.15) is 0 Å². The predicted octanol–water partition coefficient (Wildman–Crippen LogP) is 7.53. The van der Waals surface area contributed by atoms with E-state index >= 15 is 0 Å². The Morgan fingerprint density at radius 2 is 1.81 bits per heavy atom. The normalized spacial score (nSPS) is 26.8. The quantitative estimate of drug-likeness (QED) is 0.254. The molecule has 0 amide bonds. The molecule has 0 aliphatic heterocycles. The number of Topliss-reactive ketones (excluding diaryl/α,β-unsaturated/α-hetero) is 1. The highest BCUT2D eigenvalue weighted by molar-refractivity contribution is 6.74. The molecule has 0 spiro atoms. The van der Waals surface area contributed by atoms with E-state index in [9.17, 15) is 4.79 Å². The molecule has 0 bridgehead atoms. The molecule has 1 fully saturated rings. The summed E-state index contributed by atoms with van der Waals surface area (Å²) in [4.78, 5) is 13.6. The van der Waals surface area contributed by atoms with Crippen LogP contribution < -0.4 is 0 Å². The molecule has 32 heavy (non-hydrogen) atoms. The maximum absolute atomic E-state index is 13.6. The van der Waals surface area contributed by atoms with Crippen LogP contribution in [0.4, 0.5) is 0 Å². The summed E-state index contributed by atoms with van der Waals surface area (Å²) >= 11 is 0. The van der Waals surface area contributed by atoms with Crippen LogP contribution in [-0.4, -0.2) is 21.2 Å². The van der Waals surface area contributed by atoms with E-state index in [1.54, 1.807) is 7.11 Å². The van der Waals surface area contributed by atoms with Crippen molar-refractivity contribution in [1.29, 1.82) is 0 Å². The van der Waals surface area contributed by atoms with Gasteiger partial charge in [-0.3, -0.25) is 4.79 Å². The van der Waals surface area contributed by atoms with Gasteiger partial charge in [0.05, 0.1) is 18.3 Å². The van der Waals surface area contributed by atoms with Crippen molar-refractivity contribution in [2.24, 2.45) is 17.3 Å². The largest absolute Gasteiger partial charge is 0.545 e. The molecule has 3 rings (SSSR count). The number of rotatable bonds is 6. The molecule has 0 N–H and O–H groups in total. The third kappa shape index (κ3) is 4.39. The number of methoxy groups -OCH3 is 1. The molecule has 0 radical (unpaired) electrons. The van der Waals surface area contributed by atoms with Gasteiger partial charge in [0.25, 0.3) is 0 Å². The Balaban J connectivity index is 2.13. The zero-order valence-electron chi connectivity index (χ0n) is 21.2. The first-order valence-electron chi connectivity index (χ1n) is 11.7. The van der Waals surface area contributed by atoms with Crippen molar-refractivity contribution in [2.75, 3.05) is 7.11 Å². The molecule has 2 aliphatic carbocycles. The van der Waals surface area contributed by atoms with Gasteiger partial charge in [0.15, 0.2) is 0 Å². The van der Waals surface area contributed by atoms with Crippen molar-refractivity contribution in [2.45, 2.75) is 72.0 Å². The fraction of sp³-hybridized carbons (Fsp3) is 0.536. The number of fused-ring (bicyclic) bond motifs is 1. The van der Waals surface area contributed by atoms with Crippen molar-refractivity contribution < 1.29 is 14.0 Å². The number of carbonyl (C=O) groups excluding carboxylic acids is 1. The molecule has 0 saturated heterocycles. The minimum absolute atomic E-state index is 0.0464. The molecule has 3 atom stereocenters. The summed E-state index contributed by atoms with van der Waals surface area (Å²) in [5.41, 5.74) is 2.67. The zero-order valence-corrected chi connectivity index (χ0v) is 22.2. The average Bonchev–Trinajstić information content (AvgIpc) is 2.98. The van der Waals surface area contributed by atoms with Gasteiger partial charge in [0, 0.05) is 12.0 Å². The Bertz CT molecular complexity index is 949. The zero-order chi connectivity index (χ0) is 23.9. The van der Waals surface area contributed by atoms with Gasteiger partial charge < -0.3 is 9.16 Å². The van der Waals surface area contributed by atoms with Gasteiger partial charge in [-0.25, -0.2) is 0 Å². The lowest BCUT2D eigenvalue weighted by Crippen LogP contribution is -2.47. The van der Waals surface area contributed by atoms with E-state index in [1.165, 1.54) is 0 Å². The van der Waals surface area contributed by atoms with Crippen molar-refractivity contribution in [3.05, 3.63) is 65.5 Å². The minimum atomic E-state index is -2.14. The number of carbonyl (C=O) groups is 1. The van der Waals surface area contributed by atoms with Crippen LogP contribution in [-0.2, 0) is 14.0 Å². The topological polar surface area (TPSA) is 35.5 Å². The number of ether oxygens (including phenoxy) is 1. The minimum Gasteiger partial charge on any atom is -0.545 e. The van der Waals surface area contributed by atoms with Gasteiger partial charge in [-0.05, 0) is 68.3 Å². The van der Waals surface area contributed by atoms with Crippen molar-refractivity contribution in [3.8, 4) is 0 Å². The molecule has 1 aromatic rings. The molecule has 3 nitrogen and oxygen atoms in total. The van der Waals surface area contributed by atoms with Gasteiger partial charge in [-0.15, -0.1) is 0 Å². The SMILES string of the molecule is C=C(C)[C@H]1CC(=O)[C@]2(C)C(O[Si](C)(C)C(C)(C)C)=C(/C=C(/OC)c3ccccc3)CC2C1. The molecular weight excluding hydrogens is 412 g/mol. The first-order chi connectivity index (χ1) is 14.8. The molecule has 1 unspecified atom stereocenters. The monoisotopic (exact) mass is 452 g/mol.